The summed E-state index contributed by atoms with van der Waals surface area (Å²) in [4.78, 5) is 45.2. The summed E-state index contributed by atoms with van der Waals surface area (Å²) in [7, 11) is 0. The minimum atomic E-state index is -1.98. The van der Waals surface area contributed by atoms with Gasteiger partial charge in [0.05, 0.1) is 11.6 Å². The first-order valence-corrected chi connectivity index (χ1v) is 16.2. The van der Waals surface area contributed by atoms with Gasteiger partial charge in [-0.3, -0.25) is 19.2 Å². The number of carbonyl (C=O) groups excluding carboxylic acids is 2. The van der Waals surface area contributed by atoms with E-state index in [9.17, 15) is 65.1 Å². The number of carboxylic acid groups (broad SMARTS) is 2. The number of esters is 2. The summed E-state index contributed by atoms with van der Waals surface area (Å²) in [6.07, 6.45) is -20.5. The molecule has 22 nitrogen and oxygen atoms in total. The van der Waals surface area contributed by atoms with Crippen molar-refractivity contribution in [2.75, 3.05) is 13.2 Å². The Bertz CT molecular complexity index is 1790. The van der Waals surface area contributed by atoms with Gasteiger partial charge >= 0.3 is 23.9 Å². The molecule has 0 spiro atoms. The molecule has 3 heterocycles. The van der Waals surface area contributed by atoms with E-state index in [0.29, 0.717) is 0 Å². The highest BCUT2D eigenvalue weighted by atomic mass is 16.7. The van der Waals surface area contributed by atoms with Crippen molar-refractivity contribution >= 4 is 30.0 Å². The van der Waals surface area contributed by atoms with Crippen LogP contribution < -0.4 is 4.74 Å². The fourth-order valence-electron chi connectivity index (χ4n) is 5.68. The van der Waals surface area contributed by atoms with Crippen LogP contribution in [0.5, 0.6) is 28.7 Å². The van der Waals surface area contributed by atoms with Crippen LogP contribution in [0.25, 0.3) is 6.08 Å². The van der Waals surface area contributed by atoms with Gasteiger partial charge in [0.15, 0.2) is 17.3 Å². The summed E-state index contributed by atoms with van der Waals surface area (Å²) in [5.74, 6) is -7.53. The average Bonchev–Trinajstić information content (AvgIpc) is 3.11. The first-order valence-electron chi connectivity index (χ1n) is 16.2. The Kier molecular flexibility index (Phi) is 12.5. The number of carboxylic acids is 2. The van der Waals surface area contributed by atoms with E-state index in [-0.39, 0.29) is 28.4 Å². The van der Waals surface area contributed by atoms with Gasteiger partial charge in [0.2, 0.25) is 12.6 Å². The Morgan fingerprint density at radius 3 is 1.69 bits per heavy atom. The Labute approximate surface area is 308 Å². The molecule has 0 radical (unpaired) electrons. The second-order valence-corrected chi connectivity index (χ2v) is 12.5. The van der Waals surface area contributed by atoms with Crippen LogP contribution in [0.2, 0.25) is 0 Å². The number of aromatic hydroxyl groups is 4. The molecule has 2 aromatic rings. The molecule has 5 rings (SSSR count). The zero-order valence-corrected chi connectivity index (χ0v) is 28.1. The molecule has 1 unspecified atom stereocenters. The van der Waals surface area contributed by atoms with Crippen molar-refractivity contribution in [2.45, 2.75) is 80.4 Å². The predicted octanol–water partition coefficient (Wildman–Crippen LogP) is -2.81. The minimum Gasteiger partial charge on any atom is -0.571 e. The van der Waals surface area contributed by atoms with Crippen molar-refractivity contribution < 1.29 is 109 Å². The van der Waals surface area contributed by atoms with Gasteiger partial charge in [-0.05, 0) is 18.2 Å². The van der Waals surface area contributed by atoms with Crippen molar-refractivity contribution in [3.8, 4) is 28.7 Å². The number of ether oxygens (including phenoxy) is 7. The SMILES string of the molecule is O=C(O)CC(=O)OC[C@H]1O[C@@H](OC2=Cc3c(O[C@@H]4O[C@H](COC(=O)CC(=O)O)[C@@H](O)[C@H](O)[C@H]4O)cc(O)cc3[OH+]C2c2ccc(O)c(O)c2)[C@H](O)[C@@H](O)[C@@H]1O. The number of phenolic OH excluding ortho intramolecular Hbond substituents is 3. The number of carbonyl (C=O) groups is 4. The van der Waals surface area contributed by atoms with E-state index in [1.165, 1.54) is 12.1 Å². The molecular weight excluding hydrogens is 748 g/mol. The van der Waals surface area contributed by atoms with Crippen molar-refractivity contribution in [1.82, 2.24) is 0 Å². The maximum Gasteiger partial charge on any atom is 0.317 e. The number of aliphatic hydroxyl groups excluding tert-OH is 6. The summed E-state index contributed by atoms with van der Waals surface area (Å²) in [6.45, 7) is -1.55. The first kappa shape index (κ1) is 40.7. The maximum absolute atomic E-state index is 11.8. The molecule has 2 aromatic carbocycles. The van der Waals surface area contributed by atoms with Crippen LogP contribution in [-0.2, 0) is 42.9 Å². The molecule has 3 aliphatic heterocycles. The van der Waals surface area contributed by atoms with E-state index in [1.54, 1.807) is 0 Å². The van der Waals surface area contributed by atoms with Gasteiger partial charge in [-0.2, -0.15) is 0 Å². The highest BCUT2D eigenvalue weighted by Crippen LogP contribution is 2.47. The van der Waals surface area contributed by atoms with Crippen molar-refractivity contribution in [1.29, 1.82) is 0 Å². The maximum atomic E-state index is 11.8. The fourth-order valence-corrected chi connectivity index (χ4v) is 5.68. The van der Waals surface area contributed by atoms with Gasteiger partial charge in [-0.15, -0.1) is 0 Å². The number of hydrogen-bond acceptors (Lipinski definition) is 19. The molecule has 0 bridgehead atoms. The second-order valence-electron chi connectivity index (χ2n) is 12.5. The number of aliphatic carboxylic acids is 2. The topological polar surface area (TPSA) is 359 Å². The number of aliphatic hydroxyl groups is 7. The van der Waals surface area contributed by atoms with Gasteiger partial charge in [-0.1, -0.05) is 0 Å². The van der Waals surface area contributed by atoms with Crippen LogP contribution >= 0.6 is 0 Å². The van der Waals surface area contributed by atoms with Crippen LogP contribution in [0.4, 0.5) is 0 Å². The van der Waals surface area contributed by atoms with E-state index in [1.807, 2.05) is 0 Å². The number of benzene rings is 2. The first-order chi connectivity index (χ1) is 25.9. The van der Waals surface area contributed by atoms with E-state index in [0.717, 1.165) is 24.3 Å². The largest absolute Gasteiger partial charge is 0.571 e. The van der Waals surface area contributed by atoms with Crippen molar-refractivity contribution in [3.63, 3.8) is 0 Å². The van der Waals surface area contributed by atoms with Crippen LogP contribution in [0.1, 0.15) is 30.1 Å². The summed E-state index contributed by atoms with van der Waals surface area (Å²) >= 11 is 0. The fraction of sp³-hybridized carbons (Fsp3) is 0.455. The van der Waals surface area contributed by atoms with Crippen molar-refractivity contribution in [2.24, 2.45) is 0 Å². The lowest BCUT2D eigenvalue weighted by Crippen LogP contribution is -2.60. The minimum absolute atomic E-state index is 0.0297. The molecule has 3 aliphatic rings. The third kappa shape index (κ3) is 9.44. The summed E-state index contributed by atoms with van der Waals surface area (Å²) in [6, 6.07) is 5.75. The van der Waals surface area contributed by atoms with E-state index < -0.39 is 135 Å². The smallest absolute Gasteiger partial charge is 0.317 e. The third-order valence-electron chi connectivity index (χ3n) is 8.49. The van der Waals surface area contributed by atoms with Crippen LogP contribution in [0.15, 0.2) is 36.1 Å². The number of fused-ring (bicyclic) bond motifs is 1. The van der Waals surface area contributed by atoms with Gasteiger partial charge in [0.25, 0.3) is 11.9 Å². The Balaban J connectivity index is 1.46. The summed E-state index contributed by atoms with van der Waals surface area (Å²) in [5, 5.41) is 112. The lowest BCUT2D eigenvalue weighted by molar-refractivity contribution is -0.296. The highest BCUT2D eigenvalue weighted by Gasteiger charge is 2.49. The van der Waals surface area contributed by atoms with Gasteiger partial charge in [-0.25, -0.2) is 0 Å². The van der Waals surface area contributed by atoms with Gasteiger partial charge < -0.3 is 89.3 Å². The highest BCUT2D eigenvalue weighted by molar-refractivity contribution is 5.90. The summed E-state index contributed by atoms with van der Waals surface area (Å²) in [5.41, 5.74) is 0.115. The molecule has 2 fully saturated rings. The van der Waals surface area contributed by atoms with Crippen LogP contribution in [0, 0.1) is 0 Å². The number of hydrogen-bond donors (Lipinski definition) is 11. The standard InChI is InChI=1S/C33H36O22/c34-12-4-16-13(17(5-12)52-32-29(47)27(45)25(43)19(54-32)9-49-23(41)7-21(37)38)6-18(31(51-16)11-1-2-14(35)15(36)3-11)53-33-30(48)28(46)26(44)20(55-33)10-50-24(42)8-22(39)40/h1-6,19-20,25-36,43-48H,7-10H2,(H,37,38)(H,39,40)/p+1/t19-,20-,25-,26-,27+,28+,29-,30-,31?,32-,33-/m1/s1. The Hall–Kier alpha value is -5.46. The monoisotopic (exact) mass is 785 g/mol. The van der Waals surface area contributed by atoms with E-state index in [2.05, 4.69) is 4.74 Å². The molecular formula is C33H37O22+. The molecule has 0 saturated carbocycles. The predicted molar refractivity (Wildman–Crippen MR) is 172 cm³/mol. The summed E-state index contributed by atoms with van der Waals surface area (Å²) < 4.78 is 37.1. The lowest BCUT2D eigenvalue weighted by Gasteiger charge is -2.41. The van der Waals surface area contributed by atoms with Gasteiger partial charge in [0.1, 0.15) is 91.9 Å². The van der Waals surface area contributed by atoms with Crippen molar-refractivity contribution in [3.05, 3.63) is 47.2 Å². The molecule has 55 heavy (non-hydrogen) atoms. The van der Waals surface area contributed by atoms with E-state index >= 15 is 0 Å². The van der Waals surface area contributed by atoms with Crippen LogP contribution in [-0.4, -0.2) is 159 Å². The molecule has 0 aromatic heterocycles. The molecule has 2 saturated heterocycles. The Morgan fingerprint density at radius 1 is 0.655 bits per heavy atom. The molecule has 22 heteroatoms. The zero-order chi connectivity index (χ0) is 40.3. The average molecular weight is 786 g/mol. The van der Waals surface area contributed by atoms with E-state index in [4.69, 9.17) is 38.6 Å². The third-order valence-corrected chi connectivity index (χ3v) is 8.49. The quantitative estimate of drug-likeness (QED) is 0.0422. The molecule has 12 N–H and O–H groups in total. The Morgan fingerprint density at radius 2 is 1.18 bits per heavy atom. The molecule has 0 aliphatic carbocycles. The normalized spacial score (nSPS) is 30.1. The number of phenols is 3. The molecule has 0 amide bonds. The van der Waals surface area contributed by atoms with Crippen LogP contribution in [0.3, 0.4) is 0 Å². The number of rotatable bonds is 13. The van der Waals surface area contributed by atoms with Gasteiger partial charge in [0, 0.05) is 12.1 Å². The molecule has 11 atom stereocenters. The lowest BCUT2D eigenvalue weighted by atomic mass is 9.98. The zero-order valence-electron chi connectivity index (χ0n) is 28.1. The molecule has 300 valence electrons. The second kappa shape index (κ2) is 16.9.